The first kappa shape index (κ1) is 17.5. The molecule has 0 radical (unpaired) electrons. The zero-order chi connectivity index (χ0) is 14.1. The van der Waals surface area contributed by atoms with Crippen molar-refractivity contribution in [1.82, 2.24) is 0 Å². The molecule has 0 unspecified atom stereocenters. The summed E-state index contributed by atoms with van der Waals surface area (Å²) in [6.07, 6.45) is 0.477. The Hall–Kier alpha value is -0.510. The van der Waals surface area contributed by atoms with Gasteiger partial charge in [0.2, 0.25) is 0 Å². The highest BCUT2D eigenvalue weighted by Crippen LogP contribution is 2.24. The number of carbonyl (C=O) groups is 2. The van der Waals surface area contributed by atoms with Crippen LogP contribution in [-0.2, 0) is 23.2 Å². The summed E-state index contributed by atoms with van der Waals surface area (Å²) < 4.78 is 21.1. The molecule has 106 valence electrons. The van der Waals surface area contributed by atoms with E-state index in [0.29, 0.717) is 0 Å². The fraction of sp³-hybridized carbons (Fsp3) is 0.833. The van der Waals surface area contributed by atoms with Crippen molar-refractivity contribution in [2.75, 3.05) is 13.2 Å². The van der Waals surface area contributed by atoms with Gasteiger partial charge in [-0.2, -0.15) is 0 Å². The van der Waals surface area contributed by atoms with Crippen LogP contribution in [0.5, 0.6) is 0 Å². The molecule has 0 heterocycles. The lowest BCUT2D eigenvalue weighted by Crippen LogP contribution is -2.10. The number of ketones is 2. The molecule has 0 saturated carbocycles. The molecule has 0 N–H and O–H groups in total. The van der Waals surface area contributed by atoms with Gasteiger partial charge in [0, 0.05) is 24.7 Å². The molecule has 0 aromatic rings. The molecule has 0 atom stereocenters. The Labute approximate surface area is 109 Å². The third kappa shape index (κ3) is 8.56. The van der Waals surface area contributed by atoms with Crippen LogP contribution in [0.3, 0.4) is 0 Å². The maximum Gasteiger partial charge on any atom is 0.319 e. The molecule has 5 nitrogen and oxygen atoms in total. The Morgan fingerprint density at radius 1 is 0.889 bits per heavy atom. The second kappa shape index (κ2) is 9.42. The van der Waals surface area contributed by atoms with E-state index in [1.807, 2.05) is 0 Å². The highest BCUT2D eigenvalue weighted by Gasteiger charge is 2.10. The number of hydrogen-bond acceptors (Lipinski definition) is 5. The van der Waals surface area contributed by atoms with Crippen molar-refractivity contribution < 1.29 is 23.2 Å². The van der Waals surface area contributed by atoms with Crippen molar-refractivity contribution in [1.29, 1.82) is 0 Å². The van der Waals surface area contributed by atoms with Gasteiger partial charge in [0.25, 0.3) is 0 Å². The van der Waals surface area contributed by atoms with E-state index in [2.05, 4.69) is 0 Å². The standard InChI is InChI=1S/C12H23O5P/c1-9(2)11(13)5-7-16-18(15)17-8-6-12(14)10(3)4/h9-10,18H,5-8H2,1-4H3. The normalized spacial score (nSPS) is 11.5. The van der Waals surface area contributed by atoms with Crippen molar-refractivity contribution in [3.05, 3.63) is 0 Å². The summed E-state index contributed by atoms with van der Waals surface area (Å²) in [5, 5.41) is 0. The number of carbonyl (C=O) groups excluding carboxylic acids is 2. The Kier molecular flexibility index (Phi) is 9.16. The molecule has 0 amide bonds. The summed E-state index contributed by atoms with van der Waals surface area (Å²) in [4.78, 5) is 22.5. The van der Waals surface area contributed by atoms with Crippen LogP contribution in [0, 0.1) is 11.8 Å². The maximum atomic E-state index is 11.3. The molecule has 0 aliphatic carbocycles. The van der Waals surface area contributed by atoms with Crippen LogP contribution in [-0.4, -0.2) is 24.8 Å². The minimum atomic E-state index is -2.59. The topological polar surface area (TPSA) is 69.7 Å². The van der Waals surface area contributed by atoms with Gasteiger partial charge in [0.1, 0.15) is 11.6 Å². The smallest absolute Gasteiger partial charge is 0.310 e. The Bertz CT molecular complexity index is 271. The highest BCUT2D eigenvalue weighted by molar-refractivity contribution is 7.33. The lowest BCUT2D eigenvalue weighted by molar-refractivity contribution is -0.122. The van der Waals surface area contributed by atoms with E-state index in [1.54, 1.807) is 27.7 Å². The number of Topliss-reactive ketones (excluding diaryl/α,β-unsaturated/α-hetero) is 2. The van der Waals surface area contributed by atoms with Crippen LogP contribution in [0.25, 0.3) is 0 Å². The molecule has 0 bridgehead atoms. The first-order valence-corrected chi connectivity index (χ1v) is 7.42. The van der Waals surface area contributed by atoms with Gasteiger partial charge in [0.15, 0.2) is 0 Å². The summed E-state index contributed by atoms with van der Waals surface area (Å²) in [6.45, 7) is 7.43. The van der Waals surface area contributed by atoms with E-state index in [1.165, 1.54) is 0 Å². The fourth-order valence-electron chi connectivity index (χ4n) is 1.09. The van der Waals surface area contributed by atoms with Crippen molar-refractivity contribution in [3.63, 3.8) is 0 Å². The van der Waals surface area contributed by atoms with E-state index >= 15 is 0 Å². The Morgan fingerprint density at radius 2 is 1.22 bits per heavy atom. The molecule has 0 saturated heterocycles. The predicted molar refractivity (Wildman–Crippen MR) is 69.8 cm³/mol. The van der Waals surface area contributed by atoms with Crippen molar-refractivity contribution in [3.8, 4) is 0 Å². The van der Waals surface area contributed by atoms with E-state index in [0.717, 1.165) is 0 Å². The van der Waals surface area contributed by atoms with Crippen LogP contribution >= 0.6 is 8.25 Å². The molecular weight excluding hydrogens is 255 g/mol. The molecule has 0 aromatic carbocycles. The molecular formula is C12H23O5P. The van der Waals surface area contributed by atoms with Crippen molar-refractivity contribution in [2.24, 2.45) is 11.8 Å². The third-order valence-electron chi connectivity index (χ3n) is 2.42. The lowest BCUT2D eigenvalue weighted by atomic mass is 10.1. The SMILES string of the molecule is CC(C)C(=O)CCO[PH](=O)OCCC(=O)C(C)C. The predicted octanol–water partition coefficient (Wildman–Crippen LogP) is 2.64. The van der Waals surface area contributed by atoms with Gasteiger partial charge in [-0.25, -0.2) is 0 Å². The second-order valence-electron chi connectivity index (χ2n) is 4.69. The number of rotatable bonds is 10. The van der Waals surface area contributed by atoms with Gasteiger partial charge in [-0.3, -0.25) is 14.2 Å². The van der Waals surface area contributed by atoms with Crippen LogP contribution in [0.15, 0.2) is 0 Å². The monoisotopic (exact) mass is 278 g/mol. The molecule has 0 aromatic heterocycles. The summed E-state index contributed by atoms with van der Waals surface area (Å²) in [5.41, 5.74) is 0. The van der Waals surface area contributed by atoms with Gasteiger partial charge in [-0.15, -0.1) is 0 Å². The summed E-state index contributed by atoms with van der Waals surface area (Å²) >= 11 is 0. The van der Waals surface area contributed by atoms with Gasteiger partial charge >= 0.3 is 8.25 Å². The van der Waals surface area contributed by atoms with Gasteiger partial charge in [0.05, 0.1) is 13.2 Å². The molecule has 0 rings (SSSR count). The number of hydrogen-bond donors (Lipinski definition) is 0. The minimum absolute atomic E-state index is 0.0412. The molecule has 6 heteroatoms. The highest BCUT2D eigenvalue weighted by atomic mass is 31.1. The van der Waals surface area contributed by atoms with Crippen LogP contribution in [0.1, 0.15) is 40.5 Å². The lowest BCUT2D eigenvalue weighted by Gasteiger charge is -2.07. The van der Waals surface area contributed by atoms with Crippen LogP contribution in [0.2, 0.25) is 0 Å². The van der Waals surface area contributed by atoms with Crippen molar-refractivity contribution >= 4 is 19.8 Å². The summed E-state index contributed by atoms with van der Waals surface area (Å²) in [5.74, 6) is 0.0561. The molecule has 0 aliphatic heterocycles. The minimum Gasteiger partial charge on any atom is -0.310 e. The van der Waals surface area contributed by atoms with Gasteiger partial charge < -0.3 is 9.05 Å². The third-order valence-corrected chi connectivity index (χ3v) is 3.30. The molecule has 0 spiro atoms. The fourth-order valence-corrected chi connectivity index (χ4v) is 1.71. The van der Waals surface area contributed by atoms with Gasteiger partial charge in [-0.1, -0.05) is 27.7 Å². The van der Waals surface area contributed by atoms with Crippen LogP contribution in [0.4, 0.5) is 0 Å². The maximum absolute atomic E-state index is 11.3. The van der Waals surface area contributed by atoms with Gasteiger partial charge in [-0.05, 0) is 0 Å². The first-order chi connectivity index (χ1) is 8.34. The van der Waals surface area contributed by atoms with Crippen LogP contribution < -0.4 is 0 Å². The Morgan fingerprint density at radius 3 is 1.50 bits per heavy atom. The first-order valence-electron chi connectivity index (χ1n) is 6.19. The van der Waals surface area contributed by atoms with E-state index in [9.17, 15) is 14.2 Å². The molecule has 0 fully saturated rings. The van der Waals surface area contributed by atoms with E-state index < -0.39 is 8.25 Å². The largest absolute Gasteiger partial charge is 0.319 e. The second-order valence-corrected chi connectivity index (χ2v) is 5.77. The average Bonchev–Trinajstić information content (AvgIpc) is 2.28. The zero-order valence-corrected chi connectivity index (χ0v) is 12.5. The quantitative estimate of drug-likeness (QED) is 0.574. The summed E-state index contributed by atoms with van der Waals surface area (Å²) in [6, 6.07) is 0. The van der Waals surface area contributed by atoms with E-state index in [-0.39, 0.29) is 49.5 Å². The summed E-state index contributed by atoms with van der Waals surface area (Å²) in [7, 11) is -2.59. The Balaban J connectivity index is 3.61. The molecule has 0 aliphatic rings. The molecule has 18 heavy (non-hydrogen) atoms. The zero-order valence-electron chi connectivity index (χ0n) is 11.5. The van der Waals surface area contributed by atoms with E-state index in [4.69, 9.17) is 9.05 Å². The average molecular weight is 278 g/mol. The van der Waals surface area contributed by atoms with Crippen molar-refractivity contribution in [2.45, 2.75) is 40.5 Å².